The molecule has 9 nitrogen and oxygen atoms in total. The van der Waals surface area contributed by atoms with E-state index in [0.29, 0.717) is 5.02 Å². The first-order valence-electron chi connectivity index (χ1n) is 7.85. The maximum atomic E-state index is 12.2. The summed E-state index contributed by atoms with van der Waals surface area (Å²) in [6, 6.07) is 7.15. The molecule has 1 N–H and O–H groups in total. The van der Waals surface area contributed by atoms with Gasteiger partial charge in [-0.05, 0) is 37.3 Å². The highest BCUT2D eigenvalue weighted by atomic mass is 35.5. The van der Waals surface area contributed by atoms with Crippen LogP contribution < -0.4 is 5.32 Å². The summed E-state index contributed by atoms with van der Waals surface area (Å²) >= 11 is 11.7. The Morgan fingerprint density at radius 2 is 1.83 bits per heavy atom. The van der Waals surface area contributed by atoms with Crippen molar-refractivity contribution in [3.8, 4) is 0 Å². The molecule has 0 aliphatic carbocycles. The van der Waals surface area contributed by atoms with E-state index in [4.69, 9.17) is 27.9 Å². The van der Waals surface area contributed by atoms with Gasteiger partial charge in [0.1, 0.15) is 4.90 Å². The van der Waals surface area contributed by atoms with Crippen LogP contribution in [0.25, 0.3) is 0 Å². The van der Waals surface area contributed by atoms with Crippen molar-refractivity contribution in [2.75, 3.05) is 11.6 Å². The van der Waals surface area contributed by atoms with E-state index in [2.05, 4.69) is 5.32 Å². The van der Waals surface area contributed by atoms with Crippen molar-refractivity contribution >= 4 is 56.3 Å². The van der Waals surface area contributed by atoms with Gasteiger partial charge >= 0.3 is 5.97 Å². The van der Waals surface area contributed by atoms with Gasteiger partial charge in [0.25, 0.3) is 11.6 Å². The molecular formula is C17H14Cl2N2O7S. The molecule has 1 atom stereocenters. The molecule has 0 bridgehead atoms. The summed E-state index contributed by atoms with van der Waals surface area (Å²) in [5.41, 5.74) is -0.808. The van der Waals surface area contributed by atoms with Crippen LogP contribution in [0.2, 0.25) is 10.0 Å². The predicted molar refractivity (Wildman–Crippen MR) is 106 cm³/mol. The Hall–Kier alpha value is -2.69. The molecule has 12 heteroatoms. The van der Waals surface area contributed by atoms with Crippen molar-refractivity contribution < 1.29 is 27.7 Å². The largest absolute Gasteiger partial charge is 0.449 e. The third kappa shape index (κ3) is 5.66. The van der Waals surface area contributed by atoms with E-state index in [1.54, 1.807) is 0 Å². The Morgan fingerprint density at radius 3 is 2.38 bits per heavy atom. The molecule has 1 amide bonds. The maximum Gasteiger partial charge on any atom is 0.339 e. The van der Waals surface area contributed by atoms with Crippen LogP contribution in [0.3, 0.4) is 0 Å². The monoisotopic (exact) mass is 460 g/mol. The second-order valence-corrected chi connectivity index (χ2v) is 8.70. The van der Waals surface area contributed by atoms with Gasteiger partial charge in [0.15, 0.2) is 15.9 Å². The number of amides is 1. The smallest absolute Gasteiger partial charge is 0.339 e. The van der Waals surface area contributed by atoms with E-state index >= 15 is 0 Å². The lowest BCUT2D eigenvalue weighted by Gasteiger charge is -2.14. The number of hydrogen-bond donors (Lipinski definition) is 1. The summed E-state index contributed by atoms with van der Waals surface area (Å²) in [6.07, 6.45) is -0.468. The highest BCUT2D eigenvalue weighted by molar-refractivity contribution is 7.90. The third-order valence-corrected chi connectivity index (χ3v) is 5.32. The van der Waals surface area contributed by atoms with Gasteiger partial charge in [-0.25, -0.2) is 13.2 Å². The highest BCUT2D eigenvalue weighted by Crippen LogP contribution is 2.27. The molecule has 0 unspecified atom stereocenters. The first kappa shape index (κ1) is 22.6. The van der Waals surface area contributed by atoms with Crippen molar-refractivity contribution in [3.63, 3.8) is 0 Å². The number of ether oxygens (including phenoxy) is 1. The number of hydrogen-bond acceptors (Lipinski definition) is 7. The standard InChI is InChI=1S/C17H14Cl2N2O7S/c1-9(16(22)20-13-5-4-11(18)8-12(13)19)28-17(23)10-3-6-15(29(2,26)27)14(7-10)21(24)25/h3-9H,1-2H3,(H,20,22)/t9-/m1/s1. The Labute approximate surface area is 175 Å². The average Bonchev–Trinajstić information content (AvgIpc) is 2.62. The minimum Gasteiger partial charge on any atom is -0.449 e. The fraction of sp³-hybridized carbons (Fsp3) is 0.176. The van der Waals surface area contributed by atoms with Crippen LogP contribution in [-0.4, -0.2) is 37.6 Å². The Balaban J connectivity index is 2.17. The minimum absolute atomic E-state index is 0.177. The van der Waals surface area contributed by atoms with Gasteiger partial charge in [-0.2, -0.15) is 0 Å². The first-order chi connectivity index (χ1) is 13.4. The van der Waals surface area contributed by atoms with Gasteiger partial charge in [-0.3, -0.25) is 14.9 Å². The second-order valence-electron chi connectivity index (χ2n) is 5.87. The molecule has 0 radical (unpaired) electrons. The van der Waals surface area contributed by atoms with E-state index in [-0.39, 0.29) is 16.3 Å². The Morgan fingerprint density at radius 1 is 1.17 bits per heavy atom. The molecule has 154 valence electrons. The maximum absolute atomic E-state index is 12.2. The van der Waals surface area contributed by atoms with Crippen LogP contribution in [0.15, 0.2) is 41.3 Å². The number of anilines is 1. The quantitative estimate of drug-likeness (QED) is 0.396. The number of nitrogens with one attached hydrogen (secondary N) is 1. The number of rotatable bonds is 6. The molecule has 0 saturated carbocycles. The van der Waals surface area contributed by atoms with Crippen LogP contribution in [0.1, 0.15) is 17.3 Å². The SMILES string of the molecule is C[C@@H](OC(=O)c1ccc(S(C)(=O)=O)c([N+](=O)[O-])c1)C(=O)Nc1ccc(Cl)cc1Cl. The van der Waals surface area contributed by atoms with Gasteiger partial charge in [0, 0.05) is 17.3 Å². The molecule has 0 fully saturated rings. The molecule has 0 spiro atoms. The fourth-order valence-corrected chi connectivity index (χ4v) is 3.49. The molecule has 2 aromatic rings. The van der Waals surface area contributed by atoms with Crippen molar-refractivity contribution in [1.82, 2.24) is 0 Å². The van der Waals surface area contributed by atoms with E-state index < -0.39 is 43.3 Å². The molecule has 2 rings (SSSR count). The normalized spacial score (nSPS) is 12.1. The zero-order valence-corrected chi connectivity index (χ0v) is 17.3. The lowest BCUT2D eigenvalue weighted by atomic mass is 10.2. The van der Waals surface area contributed by atoms with Crippen LogP contribution >= 0.6 is 23.2 Å². The summed E-state index contributed by atoms with van der Waals surface area (Å²) in [6.45, 7) is 1.29. The minimum atomic E-state index is -3.88. The summed E-state index contributed by atoms with van der Waals surface area (Å²) < 4.78 is 28.3. The van der Waals surface area contributed by atoms with Crippen molar-refractivity contribution in [2.24, 2.45) is 0 Å². The molecule has 0 heterocycles. The number of carbonyl (C=O) groups is 2. The van der Waals surface area contributed by atoms with Gasteiger partial charge in [-0.1, -0.05) is 23.2 Å². The number of benzene rings is 2. The molecule has 29 heavy (non-hydrogen) atoms. The predicted octanol–water partition coefficient (Wildman–Crippen LogP) is 3.49. The van der Waals surface area contributed by atoms with Crippen LogP contribution in [0.5, 0.6) is 0 Å². The highest BCUT2D eigenvalue weighted by Gasteiger charge is 2.26. The van der Waals surface area contributed by atoms with Crippen LogP contribution in [0.4, 0.5) is 11.4 Å². The number of nitro groups is 1. The van der Waals surface area contributed by atoms with E-state index in [1.807, 2.05) is 0 Å². The molecule has 0 aromatic heterocycles. The lowest BCUT2D eigenvalue weighted by molar-refractivity contribution is -0.387. The Kier molecular flexibility index (Phi) is 6.83. The van der Waals surface area contributed by atoms with Crippen molar-refractivity contribution in [3.05, 3.63) is 62.1 Å². The lowest BCUT2D eigenvalue weighted by Crippen LogP contribution is -2.30. The number of nitrogens with zero attached hydrogens (tertiary/aromatic N) is 1. The number of nitro benzene ring substituents is 1. The summed E-state index contributed by atoms with van der Waals surface area (Å²) in [7, 11) is -3.88. The number of carbonyl (C=O) groups excluding carboxylic acids is 2. The number of sulfone groups is 1. The molecular weight excluding hydrogens is 447 g/mol. The number of esters is 1. The van der Waals surface area contributed by atoms with Crippen LogP contribution in [0, 0.1) is 10.1 Å². The molecule has 2 aromatic carbocycles. The molecule has 0 saturated heterocycles. The second kappa shape index (κ2) is 8.76. The van der Waals surface area contributed by atoms with E-state index in [9.17, 15) is 28.1 Å². The van der Waals surface area contributed by atoms with Gasteiger partial charge in [-0.15, -0.1) is 0 Å². The van der Waals surface area contributed by atoms with Gasteiger partial charge in [0.05, 0.1) is 21.2 Å². The average molecular weight is 461 g/mol. The van der Waals surface area contributed by atoms with Crippen molar-refractivity contribution in [2.45, 2.75) is 17.9 Å². The zero-order valence-electron chi connectivity index (χ0n) is 15.0. The Bertz CT molecular complexity index is 1100. The third-order valence-electron chi connectivity index (χ3n) is 3.63. The van der Waals surface area contributed by atoms with E-state index in [0.717, 1.165) is 24.5 Å². The van der Waals surface area contributed by atoms with Crippen molar-refractivity contribution in [1.29, 1.82) is 0 Å². The first-order valence-corrected chi connectivity index (χ1v) is 10.5. The van der Waals surface area contributed by atoms with Crippen LogP contribution in [-0.2, 0) is 19.4 Å². The summed E-state index contributed by atoms with van der Waals surface area (Å²) in [4.78, 5) is 34.1. The zero-order chi connectivity index (χ0) is 21.9. The summed E-state index contributed by atoms with van der Waals surface area (Å²) in [5.74, 6) is -1.75. The number of halogens is 2. The molecule has 0 aliphatic rings. The fourth-order valence-electron chi connectivity index (χ4n) is 2.21. The summed E-state index contributed by atoms with van der Waals surface area (Å²) in [5, 5.41) is 14.1. The topological polar surface area (TPSA) is 133 Å². The van der Waals surface area contributed by atoms with E-state index in [1.165, 1.54) is 25.1 Å². The van der Waals surface area contributed by atoms with Gasteiger partial charge < -0.3 is 10.1 Å². The van der Waals surface area contributed by atoms with Gasteiger partial charge in [0.2, 0.25) is 0 Å². The molecule has 0 aliphatic heterocycles.